The van der Waals surface area contributed by atoms with Crippen molar-refractivity contribution in [2.75, 3.05) is 13.2 Å². The van der Waals surface area contributed by atoms with Crippen molar-refractivity contribution < 1.29 is 44.2 Å². The van der Waals surface area contributed by atoms with E-state index in [1.807, 2.05) is 30.3 Å². The Morgan fingerprint density at radius 1 is 1.03 bits per heavy atom. The Balaban J connectivity index is 1.51. The van der Waals surface area contributed by atoms with Crippen LogP contribution in [0.5, 0.6) is 0 Å². The van der Waals surface area contributed by atoms with Crippen molar-refractivity contribution in [3.8, 4) is 0 Å². The van der Waals surface area contributed by atoms with Crippen molar-refractivity contribution in [3.63, 3.8) is 0 Å². The van der Waals surface area contributed by atoms with E-state index in [-0.39, 0.29) is 6.61 Å². The minimum absolute atomic E-state index is 0.0815. The first-order chi connectivity index (χ1) is 13.9. The number of likely N-dealkylation sites (tertiary alicyclic amines) is 1. The third-order valence-corrected chi connectivity index (χ3v) is 5.04. The Morgan fingerprint density at radius 2 is 1.76 bits per heavy atom. The van der Waals surface area contributed by atoms with Gasteiger partial charge in [0.2, 0.25) is 0 Å². The largest absolute Gasteiger partial charge is 0.461 e. The van der Waals surface area contributed by atoms with Crippen LogP contribution in [0.2, 0.25) is 0 Å². The number of benzene rings is 1. The molecule has 10 heteroatoms. The molecule has 0 radical (unpaired) electrons. The van der Waals surface area contributed by atoms with Gasteiger partial charge in [-0.05, 0) is 18.4 Å². The van der Waals surface area contributed by atoms with Crippen molar-refractivity contribution in [1.82, 2.24) is 4.90 Å². The van der Waals surface area contributed by atoms with Crippen molar-refractivity contribution in [2.24, 2.45) is 0 Å². The predicted molar refractivity (Wildman–Crippen MR) is 96.2 cm³/mol. The van der Waals surface area contributed by atoms with Crippen molar-refractivity contribution in [3.05, 3.63) is 35.9 Å². The van der Waals surface area contributed by atoms with Gasteiger partial charge in [0.25, 0.3) is 0 Å². The van der Waals surface area contributed by atoms with Gasteiger partial charge in [-0.1, -0.05) is 30.3 Å². The molecule has 2 heterocycles. The summed E-state index contributed by atoms with van der Waals surface area (Å²) in [4.78, 5) is 26.1. The summed E-state index contributed by atoms with van der Waals surface area (Å²) >= 11 is 0. The second kappa shape index (κ2) is 9.51. The number of amides is 1. The monoisotopic (exact) mass is 411 g/mol. The van der Waals surface area contributed by atoms with E-state index in [1.54, 1.807) is 0 Å². The van der Waals surface area contributed by atoms with Crippen LogP contribution in [0, 0.1) is 0 Å². The number of carbonyl (C=O) groups excluding carboxylic acids is 2. The van der Waals surface area contributed by atoms with Gasteiger partial charge in [0.1, 0.15) is 43.7 Å². The maximum Gasteiger partial charge on any atom is 0.410 e. The van der Waals surface area contributed by atoms with Crippen molar-refractivity contribution in [1.29, 1.82) is 0 Å². The number of carbonyl (C=O) groups is 2. The van der Waals surface area contributed by atoms with Crippen molar-refractivity contribution in [2.45, 2.75) is 56.2 Å². The third kappa shape index (κ3) is 5.03. The molecule has 0 aromatic heterocycles. The third-order valence-electron chi connectivity index (χ3n) is 5.04. The van der Waals surface area contributed by atoms with Crippen LogP contribution in [0.15, 0.2) is 30.3 Å². The Labute approximate surface area is 167 Å². The summed E-state index contributed by atoms with van der Waals surface area (Å²) < 4.78 is 15.4. The number of ether oxygens (including phenoxy) is 3. The molecule has 1 aromatic rings. The fourth-order valence-corrected chi connectivity index (χ4v) is 3.36. The molecule has 10 nitrogen and oxygen atoms in total. The molecule has 6 atom stereocenters. The molecule has 160 valence electrons. The molecule has 0 saturated carbocycles. The van der Waals surface area contributed by atoms with Crippen LogP contribution in [0.3, 0.4) is 0 Å². The van der Waals surface area contributed by atoms with Crippen LogP contribution in [0.4, 0.5) is 4.79 Å². The minimum atomic E-state index is -1.71. The number of hydrogen-bond donors (Lipinski definition) is 4. The summed E-state index contributed by atoms with van der Waals surface area (Å²) in [6.45, 7) is -0.0258. The van der Waals surface area contributed by atoms with E-state index < -0.39 is 55.4 Å². The van der Waals surface area contributed by atoms with E-state index in [0.717, 1.165) is 5.56 Å². The first-order valence-corrected chi connectivity index (χ1v) is 9.40. The van der Waals surface area contributed by atoms with Gasteiger partial charge in [0.15, 0.2) is 6.29 Å². The fraction of sp³-hybridized carbons (Fsp3) is 0.579. The zero-order valence-corrected chi connectivity index (χ0v) is 15.7. The highest BCUT2D eigenvalue weighted by Crippen LogP contribution is 2.23. The number of hydrogen-bond acceptors (Lipinski definition) is 9. The summed E-state index contributed by atoms with van der Waals surface area (Å²) in [7, 11) is 0. The van der Waals surface area contributed by atoms with E-state index in [1.165, 1.54) is 4.90 Å². The van der Waals surface area contributed by atoms with Gasteiger partial charge < -0.3 is 34.6 Å². The lowest BCUT2D eigenvalue weighted by Gasteiger charge is -2.38. The van der Waals surface area contributed by atoms with Crippen LogP contribution in [0.1, 0.15) is 18.4 Å². The Bertz CT molecular complexity index is 700. The average molecular weight is 411 g/mol. The lowest BCUT2D eigenvalue weighted by atomic mass is 9.99. The summed E-state index contributed by atoms with van der Waals surface area (Å²) in [6, 6.07) is 8.31. The first-order valence-electron chi connectivity index (χ1n) is 9.40. The van der Waals surface area contributed by atoms with E-state index >= 15 is 0 Å². The molecule has 2 saturated heterocycles. The van der Waals surface area contributed by atoms with Crippen LogP contribution in [0.25, 0.3) is 0 Å². The second-order valence-corrected chi connectivity index (χ2v) is 7.06. The van der Waals surface area contributed by atoms with E-state index in [0.29, 0.717) is 19.4 Å². The quantitative estimate of drug-likeness (QED) is 0.454. The molecular weight excluding hydrogens is 386 g/mol. The minimum Gasteiger partial charge on any atom is -0.461 e. The Hall–Kier alpha value is -2.24. The summed E-state index contributed by atoms with van der Waals surface area (Å²) in [5.74, 6) is -0.704. The molecule has 4 N–H and O–H groups in total. The number of esters is 1. The number of rotatable bonds is 5. The molecule has 0 bridgehead atoms. The number of aliphatic hydroxyl groups excluding tert-OH is 4. The number of nitrogens with zero attached hydrogens (tertiary/aromatic N) is 1. The summed E-state index contributed by atoms with van der Waals surface area (Å²) in [6.07, 6.45) is -7.41. The fourth-order valence-electron chi connectivity index (χ4n) is 3.36. The predicted octanol–water partition coefficient (Wildman–Crippen LogP) is -0.869. The maximum absolute atomic E-state index is 12.4. The molecule has 2 fully saturated rings. The van der Waals surface area contributed by atoms with E-state index in [9.17, 15) is 30.0 Å². The molecule has 3 rings (SSSR count). The Morgan fingerprint density at radius 3 is 2.48 bits per heavy atom. The lowest BCUT2D eigenvalue weighted by molar-refractivity contribution is -0.287. The molecule has 29 heavy (non-hydrogen) atoms. The Kier molecular flexibility index (Phi) is 7.04. The molecule has 0 unspecified atom stereocenters. The van der Waals surface area contributed by atoms with Crippen LogP contribution in [-0.4, -0.2) is 87.3 Å². The van der Waals surface area contributed by atoms with Gasteiger partial charge in [-0.25, -0.2) is 9.59 Å². The molecular formula is C19H25NO9. The zero-order valence-electron chi connectivity index (χ0n) is 15.7. The molecule has 0 spiro atoms. The second-order valence-electron chi connectivity index (χ2n) is 7.06. The number of aliphatic hydroxyl groups is 4. The van der Waals surface area contributed by atoms with Gasteiger partial charge in [-0.3, -0.25) is 4.90 Å². The normalized spacial score (nSPS) is 32.1. The van der Waals surface area contributed by atoms with Gasteiger partial charge >= 0.3 is 12.1 Å². The topological polar surface area (TPSA) is 146 Å². The van der Waals surface area contributed by atoms with E-state index in [4.69, 9.17) is 14.2 Å². The molecule has 2 aliphatic heterocycles. The average Bonchev–Trinajstić information content (AvgIpc) is 3.23. The molecule has 0 aliphatic carbocycles. The SMILES string of the molecule is O=C(OC[C@H]1O[C@H](O)[C@H](O)[C@H](O)[C@@H]1O)[C@@H]1CCCN1C(=O)OCc1ccccc1. The van der Waals surface area contributed by atoms with Gasteiger partial charge in [0.05, 0.1) is 0 Å². The van der Waals surface area contributed by atoms with Crippen LogP contribution in [-0.2, 0) is 25.6 Å². The molecule has 1 amide bonds. The lowest BCUT2D eigenvalue weighted by Crippen LogP contribution is -2.58. The van der Waals surface area contributed by atoms with Crippen LogP contribution >= 0.6 is 0 Å². The smallest absolute Gasteiger partial charge is 0.410 e. The summed E-state index contributed by atoms with van der Waals surface area (Å²) in [5, 5.41) is 38.6. The van der Waals surface area contributed by atoms with Crippen molar-refractivity contribution >= 4 is 12.1 Å². The zero-order chi connectivity index (χ0) is 21.0. The van der Waals surface area contributed by atoms with Crippen LogP contribution < -0.4 is 0 Å². The maximum atomic E-state index is 12.4. The first kappa shape index (κ1) is 21.5. The standard InChI is InChI=1S/C19H25NO9/c21-14-13(29-18(25)16(23)15(14)22)10-27-17(24)12-7-4-8-20(12)19(26)28-9-11-5-2-1-3-6-11/h1-3,5-6,12-16,18,21-23,25H,4,7-10H2/t12-,13+,14+,15+,16+,18-/m0/s1. The van der Waals surface area contributed by atoms with E-state index in [2.05, 4.69) is 0 Å². The molecule has 1 aromatic carbocycles. The highest BCUT2D eigenvalue weighted by molar-refractivity contribution is 5.82. The highest BCUT2D eigenvalue weighted by atomic mass is 16.7. The van der Waals surface area contributed by atoms with Gasteiger partial charge in [-0.15, -0.1) is 0 Å². The molecule has 2 aliphatic rings. The summed E-state index contributed by atoms with van der Waals surface area (Å²) in [5.41, 5.74) is 0.821. The van der Waals surface area contributed by atoms with Gasteiger partial charge in [-0.2, -0.15) is 0 Å². The highest BCUT2D eigenvalue weighted by Gasteiger charge is 2.44. The van der Waals surface area contributed by atoms with Gasteiger partial charge in [0, 0.05) is 6.54 Å².